The second kappa shape index (κ2) is 11.9. The van der Waals surface area contributed by atoms with Gasteiger partial charge in [-0.25, -0.2) is 9.00 Å². The molecule has 3 aromatic rings. The van der Waals surface area contributed by atoms with E-state index < -0.39 is 11.3 Å². The van der Waals surface area contributed by atoms with Gasteiger partial charge in [0, 0.05) is 13.1 Å². The summed E-state index contributed by atoms with van der Waals surface area (Å²) in [5.41, 5.74) is 5.49. The van der Waals surface area contributed by atoms with Gasteiger partial charge in [0.1, 0.15) is 5.75 Å². The van der Waals surface area contributed by atoms with E-state index >= 15 is 0 Å². The Morgan fingerprint density at radius 3 is 2.15 bits per heavy atom. The highest BCUT2D eigenvalue weighted by Crippen LogP contribution is 2.27. The van der Waals surface area contributed by atoms with Crippen LogP contribution in [0.2, 0.25) is 0 Å². The number of nitrogens with zero attached hydrogens (tertiary/aromatic N) is 1. The van der Waals surface area contributed by atoms with E-state index in [4.69, 9.17) is 9.47 Å². The molecule has 3 rings (SSSR count). The number of ether oxygens (including phenoxy) is 2. The molecule has 0 spiro atoms. The van der Waals surface area contributed by atoms with Crippen LogP contribution in [-0.2, 0) is 29.1 Å². The third kappa shape index (κ3) is 7.00. The van der Waals surface area contributed by atoms with E-state index in [2.05, 4.69) is 0 Å². The van der Waals surface area contributed by atoms with Crippen molar-refractivity contribution < 1.29 is 23.0 Å². The molecule has 0 aliphatic heterocycles. The average Bonchev–Trinajstić information content (AvgIpc) is 2.79. The highest BCUT2D eigenvalue weighted by atomic mass is 32.2. The summed E-state index contributed by atoms with van der Waals surface area (Å²) in [5.74, 6) is 0.457. The van der Waals surface area contributed by atoms with Crippen LogP contribution in [0.3, 0.4) is 0 Å². The molecule has 0 aliphatic rings. The normalized spacial score (nSPS) is 12.1. The van der Waals surface area contributed by atoms with Crippen molar-refractivity contribution in [2.75, 3.05) is 6.61 Å². The van der Waals surface area contributed by atoms with Crippen LogP contribution in [0.5, 0.6) is 5.75 Å². The zero-order chi connectivity index (χ0) is 24.7. The Balaban J connectivity index is 1.70. The van der Waals surface area contributed by atoms with Crippen LogP contribution in [0.25, 0.3) is 11.1 Å². The van der Waals surface area contributed by atoms with Gasteiger partial charge in [0.05, 0.1) is 18.3 Å². The molecule has 0 heterocycles. The summed E-state index contributed by atoms with van der Waals surface area (Å²) >= 11 is -2.15. The molecular weight excluding hydrogens is 450 g/mol. The topological polar surface area (TPSA) is 76.1 Å². The first-order valence-electron chi connectivity index (χ1n) is 11.3. The molecule has 6 nitrogen and oxygen atoms in total. The molecule has 0 bridgehead atoms. The van der Waals surface area contributed by atoms with Gasteiger partial charge in [0.15, 0.2) is 0 Å². The Bertz CT molecular complexity index is 1130. The maximum absolute atomic E-state index is 12.0. The maximum atomic E-state index is 12.0. The molecule has 1 N–H and O–H groups in total. The number of benzene rings is 3. The predicted molar refractivity (Wildman–Crippen MR) is 135 cm³/mol. The minimum absolute atomic E-state index is 0.127. The van der Waals surface area contributed by atoms with Crippen molar-refractivity contribution in [2.24, 2.45) is 0 Å². The fourth-order valence-electron chi connectivity index (χ4n) is 3.67. The molecular formula is C27H31NO5S. The Hall–Kier alpha value is -3.00. The van der Waals surface area contributed by atoms with Gasteiger partial charge in [-0.1, -0.05) is 42.5 Å². The van der Waals surface area contributed by atoms with E-state index in [1.165, 1.54) is 4.31 Å². The number of hydrogen-bond acceptors (Lipinski definition) is 4. The number of carbonyl (C=O) groups is 1. The lowest BCUT2D eigenvalue weighted by atomic mass is 9.98. The summed E-state index contributed by atoms with van der Waals surface area (Å²) in [5, 5.41) is 0. The van der Waals surface area contributed by atoms with Crippen LogP contribution in [0, 0.1) is 6.92 Å². The van der Waals surface area contributed by atoms with Crippen molar-refractivity contribution in [3.8, 4) is 16.9 Å². The molecule has 3 aromatic carbocycles. The van der Waals surface area contributed by atoms with Gasteiger partial charge in [-0.3, -0.25) is 4.55 Å². The molecule has 0 saturated heterocycles. The Morgan fingerprint density at radius 1 is 0.971 bits per heavy atom. The Kier molecular flexibility index (Phi) is 8.98. The molecule has 34 heavy (non-hydrogen) atoms. The standard InChI is InChI=1S/C27H31NO5S/c1-5-32-27(29)24-9-6-21(7-10-24)17-28(34(30)31)18-22-8-15-26(20(4)16-22)23-11-13-25(14-12-23)33-19(2)3/h6-16,19H,5,17-18H2,1-4H3,(H,30,31). The monoisotopic (exact) mass is 481 g/mol. The summed E-state index contributed by atoms with van der Waals surface area (Å²) in [6.45, 7) is 8.68. The molecule has 0 aliphatic carbocycles. The van der Waals surface area contributed by atoms with Crippen molar-refractivity contribution >= 4 is 17.2 Å². The summed E-state index contributed by atoms with van der Waals surface area (Å²) in [4.78, 5) is 11.8. The predicted octanol–water partition coefficient (Wildman–Crippen LogP) is 5.76. The minimum atomic E-state index is -2.15. The summed E-state index contributed by atoms with van der Waals surface area (Å²) in [6.07, 6.45) is 0.127. The van der Waals surface area contributed by atoms with Crippen molar-refractivity contribution in [1.82, 2.24) is 4.31 Å². The van der Waals surface area contributed by atoms with Gasteiger partial charge in [-0.05, 0) is 79.8 Å². The fourth-order valence-corrected chi connectivity index (χ4v) is 4.19. The maximum Gasteiger partial charge on any atom is 0.338 e. The third-order valence-corrected chi connectivity index (χ3v) is 5.93. The molecule has 0 saturated carbocycles. The quantitative estimate of drug-likeness (QED) is 0.294. The van der Waals surface area contributed by atoms with Crippen molar-refractivity contribution in [2.45, 2.75) is 46.9 Å². The van der Waals surface area contributed by atoms with Crippen LogP contribution in [0.1, 0.15) is 47.8 Å². The second-order valence-corrected chi connectivity index (χ2v) is 9.26. The molecule has 0 fully saturated rings. The number of rotatable bonds is 10. The summed E-state index contributed by atoms with van der Waals surface area (Å²) < 4.78 is 34.0. The van der Waals surface area contributed by atoms with E-state index in [9.17, 15) is 13.6 Å². The van der Waals surface area contributed by atoms with E-state index in [1.54, 1.807) is 31.2 Å². The smallest absolute Gasteiger partial charge is 0.338 e. The molecule has 7 heteroatoms. The molecule has 0 aromatic heterocycles. The van der Waals surface area contributed by atoms with Crippen LogP contribution in [0.4, 0.5) is 0 Å². The van der Waals surface area contributed by atoms with Gasteiger partial charge in [0.2, 0.25) is 11.3 Å². The first-order valence-corrected chi connectivity index (χ1v) is 12.3. The van der Waals surface area contributed by atoms with E-state index in [-0.39, 0.29) is 18.6 Å². The van der Waals surface area contributed by atoms with E-state index in [1.807, 2.05) is 63.2 Å². The average molecular weight is 482 g/mol. The first-order chi connectivity index (χ1) is 16.3. The van der Waals surface area contributed by atoms with Crippen molar-refractivity contribution in [1.29, 1.82) is 0 Å². The van der Waals surface area contributed by atoms with Crippen LogP contribution < -0.4 is 4.74 Å². The Labute approximate surface area is 203 Å². The zero-order valence-electron chi connectivity index (χ0n) is 20.0. The second-order valence-electron chi connectivity index (χ2n) is 8.29. The largest absolute Gasteiger partial charge is 0.491 e. The molecule has 180 valence electrons. The number of carbonyl (C=O) groups excluding carboxylic acids is 1. The van der Waals surface area contributed by atoms with Crippen molar-refractivity contribution in [3.63, 3.8) is 0 Å². The van der Waals surface area contributed by atoms with Crippen LogP contribution in [-0.4, -0.2) is 31.7 Å². The highest BCUT2D eigenvalue weighted by molar-refractivity contribution is 7.76. The lowest BCUT2D eigenvalue weighted by Gasteiger charge is -2.19. The SMILES string of the molecule is CCOC(=O)c1ccc(CN(Cc2ccc(-c3ccc(OC(C)C)cc3)c(C)c2)S(=O)O)cc1. The molecule has 1 atom stereocenters. The number of esters is 1. The molecule has 0 radical (unpaired) electrons. The molecule has 1 unspecified atom stereocenters. The third-order valence-electron chi connectivity index (χ3n) is 5.23. The van der Waals surface area contributed by atoms with Gasteiger partial charge < -0.3 is 9.47 Å². The summed E-state index contributed by atoms with van der Waals surface area (Å²) in [7, 11) is 0. The summed E-state index contributed by atoms with van der Waals surface area (Å²) in [6, 6.07) is 20.9. The first kappa shape index (κ1) is 25.6. The van der Waals surface area contributed by atoms with Crippen LogP contribution in [0.15, 0.2) is 66.7 Å². The van der Waals surface area contributed by atoms with Gasteiger partial charge >= 0.3 is 5.97 Å². The Morgan fingerprint density at radius 2 is 1.59 bits per heavy atom. The lowest BCUT2D eigenvalue weighted by Crippen LogP contribution is -2.24. The van der Waals surface area contributed by atoms with Gasteiger partial charge in [-0.2, -0.15) is 4.31 Å². The van der Waals surface area contributed by atoms with Crippen LogP contribution >= 0.6 is 0 Å². The van der Waals surface area contributed by atoms with Gasteiger partial charge in [-0.15, -0.1) is 0 Å². The highest BCUT2D eigenvalue weighted by Gasteiger charge is 2.15. The molecule has 0 amide bonds. The fraction of sp³-hybridized carbons (Fsp3) is 0.296. The zero-order valence-corrected chi connectivity index (χ0v) is 20.8. The lowest BCUT2D eigenvalue weighted by molar-refractivity contribution is 0.0526. The minimum Gasteiger partial charge on any atom is -0.491 e. The van der Waals surface area contributed by atoms with Crippen molar-refractivity contribution in [3.05, 3.63) is 89.0 Å². The van der Waals surface area contributed by atoms with E-state index in [0.717, 1.165) is 33.6 Å². The van der Waals surface area contributed by atoms with Gasteiger partial charge in [0.25, 0.3) is 0 Å². The number of aryl methyl sites for hydroxylation is 1. The van der Waals surface area contributed by atoms with E-state index in [0.29, 0.717) is 18.7 Å². The number of hydrogen-bond donors (Lipinski definition) is 1.